The summed E-state index contributed by atoms with van der Waals surface area (Å²) in [5, 5.41) is 0.587. The summed E-state index contributed by atoms with van der Waals surface area (Å²) in [7, 11) is -2.26. The first-order valence-corrected chi connectivity index (χ1v) is 14.5. The topological polar surface area (TPSA) is 79.8 Å². The second-order valence-corrected chi connectivity index (χ2v) is 12.4. The molecule has 0 radical (unpaired) electrons. The number of thiazole rings is 1. The Morgan fingerprint density at radius 1 is 1.11 bits per heavy atom. The third-order valence-corrected chi connectivity index (χ3v) is 9.44. The lowest BCUT2D eigenvalue weighted by Gasteiger charge is -2.23. The molecule has 2 heterocycles. The van der Waals surface area contributed by atoms with Crippen molar-refractivity contribution in [2.24, 2.45) is 0 Å². The van der Waals surface area contributed by atoms with Gasteiger partial charge < -0.3 is 4.74 Å². The molecule has 10 heteroatoms. The second-order valence-electron chi connectivity index (χ2n) is 8.49. The van der Waals surface area contributed by atoms with Gasteiger partial charge in [-0.25, -0.2) is 13.4 Å². The number of hydrogen-bond acceptors (Lipinski definition) is 6. The molecule has 1 amide bonds. The van der Waals surface area contributed by atoms with Crippen molar-refractivity contribution in [2.75, 3.05) is 29.4 Å². The van der Waals surface area contributed by atoms with E-state index in [0.717, 1.165) is 27.5 Å². The van der Waals surface area contributed by atoms with Crippen molar-refractivity contribution in [3.8, 4) is 0 Å². The maximum atomic E-state index is 13.7. The van der Waals surface area contributed by atoms with E-state index in [-0.39, 0.29) is 16.9 Å². The van der Waals surface area contributed by atoms with Crippen LogP contribution in [0.1, 0.15) is 23.2 Å². The Hall–Kier alpha value is -2.79. The number of sulfonamides is 1. The van der Waals surface area contributed by atoms with Crippen LogP contribution in [0.5, 0.6) is 0 Å². The molecule has 1 fully saturated rings. The first kappa shape index (κ1) is 24.9. The van der Waals surface area contributed by atoms with Gasteiger partial charge in [0.15, 0.2) is 5.13 Å². The molecule has 0 aliphatic carbocycles. The standard InChI is InChI=1S/C26H24BrN3O4S2/c1-29(20-6-3-2-4-7-20)36(32,33)22-12-9-18(10-13-22)25(31)30(17-21-8-5-15-34-21)26-28-23-14-11-19(27)16-24(23)35-26/h2-4,6-7,9-14,16,21H,5,8,15,17H2,1H3. The van der Waals surface area contributed by atoms with Gasteiger partial charge >= 0.3 is 0 Å². The van der Waals surface area contributed by atoms with Crippen molar-refractivity contribution in [1.82, 2.24) is 4.98 Å². The van der Waals surface area contributed by atoms with Gasteiger partial charge in [-0.3, -0.25) is 14.0 Å². The number of para-hydroxylation sites is 1. The van der Waals surface area contributed by atoms with Crippen LogP contribution >= 0.6 is 27.3 Å². The molecule has 0 saturated carbocycles. The lowest BCUT2D eigenvalue weighted by Crippen LogP contribution is -2.37. The van der Waals surface area contributed by atoms with Crippen molar-refractivity contribution in [2.45, 2.75) is 23.8 Å². The van der Waals surface area contributed by atoms with E-state index < -0.39 is 10.0 Å². The summed E-state index contributed by atoms with van der Waals surface area (Å²) in [6.45, 7) is 1.07. The minimum Gasteiger partial charge on any atom is -0.376 e. The van der Waals surface area contributed by atoms with E-state index in [1.807, 2.05) is 24.3 Å². The molecule has 0 bridgehead atoms. The number of benzene rings is 3. The van der Waals surface area contributed by atoms with Gasteiger partial charge in [-0.15, -0.1) is 0 Å². The molecule has 36 heavy (non-hydrogen) atoms. The molecule has 1 aliphatic rings. The Kier molecular flexibility index (Phi) is 7.11. The summed E-state index contributed by atoms with van der Waals surface area (Å²) < 4.78 is 35.2. The Balaban J connectivity index is 1.44. The highest BCUT2D eigenvalue weighted by Gasteiger charge is 2.28. The number of halogens is 1. The van der Waals surface area contributed by atoms with Crippen molar-refractivity contribution in [3.05, 3.63) is 82.8 Å². The SMILES string of the molecule is CN(c1ccccc1)S(=O)(=O)c1ccc(C(=O)N(CC2CCCO2)c2nc3ccc(Br)cc3s2)cc1. The second kappa shape index (κ2) is 10.3. The van der Waals surface area contributed by atoms with Crippen LogP contribution in [0.25, 0.3) is 10.2 Å². The number of anilines is 2. The first-order chi connectivity index (χ1) is 17.3. The Bertz CT molecular complexity index is 1480. The summed E-state index contributed by atoms with van der Waals surface area (Å²) in [4.78, 5) is 20.1. The van der Waals surface area contributed by atoms with E-state index >= 15 is 0 Å². The average molecular weight is 587 g/mol. The number of fused-ring (bicyclic) bond motifs is 1. The minimum atomic E-state index is -3.77. The van der Waals surface area contributed by atoms with E-state index in [0.29, 0.717) is 29.5 Å². The minimum absolute atomic E-state index is 0.0631. The van der Waals surface area contributed by atoms with Crippen molar-refractivity contribution in [3.63, 3.8) is 0 Å². The molecular formula is C26H24BrN3O4S2. The summed E-state index contributed by atoms with van der Waals surface area (Å²) in [5.74, 6) is -0.246. The lowest BCUT2D eigenvalue weighted by molar-refractivity contribution is 0.0917. The number of ether oxygens (including phenoxy) is 1. The van der Waals surface area contributed by atoms with Gasteiger partial charge in [0.2, 0.25) is 0 Å². The molecule has 0 N–H and O–H groups in total. The van der Waals surface area contributed by atoms with Crippen molar-refractivity contribution in [1.29, 1.82) is 0 Å². The van der Waals surface area contributed by atoms with E-state index in [9.17, 15) is 13.2 Å². The Morgan fingerprint density at radius 3 is 2.56 bits per heavy atom. The monoisotopic (exact) mass is 585 g/mol. The third-order valence-electron chi connectivity index (χ3n) is 6.10. The van der Waals surface area contributed by atoms with Crippen molar-refractivity contribution >= 4 is 64.2 Å². The van der Waals surface area contributed by atoms with Gasteiger partial charge in [0.1, 0.15) is 0 Å². The number of carbonyl (C=O) groups excluding carboxylic acids is 1. The highest BCUT2D eigenvalue weighted by atomic mass is 79.9. The number of aromatic nitrogens is 1. The zero-order chi connectivity index (χ0) is 25.3. The number of nitrogens with zero attached hydrogens (tertiary/aromatic N) is 3. The van der Waals surface area contributed by atoms with E-state index in [2.05, 4.69) is 15.9 Å². The van der Waals surface area contributed by atoms with Gasteiger partial charge in [-0.1, -0.05) is 45.5 Å². The average Bonchev–Trinajstić information content (AvgIpc) is 3.56. The largest absolute Gasteiger partial charge is 0.376 e. The fraction of sp³-hybridized carbons (Fsp3) is 0.231. The van der Waals surface area contributed by atoms with E-state index in [1.54, 1.807) is 41.3 Å². The molecule has 5 rings (SSSR count). The maximum absolute atomic E-state index is 13.7. The molecule has 1 saturated heterocycles. The summed E-state index contributed by atoms with van der Waals surface area (Å²) in [6.07, 6.45) is 1.77. The zero-order valence-corrected chi connectivity index (χ0v) is 22.7. The summed E-state index contributed by atoms with van der Waals surface area (Å²) >= 11 is 4.93. The molecular weight excluding hydrogens is 562 g/mol. The van der Waals surface area contributed by atoms with Crippen LogP contribution in [0.3, 0.4) is 0 Å². The predicted molar refractivity (Wildman–Crippen MR) is 146 cm³/mol. The van der Waals surface area contributed by atoms with Crippen LogP contribution in [0.2, 0.25) is 0 Å². The molecule has 7 nitrogen and oxygen atoms in total. The summed E-state index contributed by atoms with van der Waals surface area (Å²) in [5.41, 5.74) is 1.76. The van der Waals surface area contributed by atoms with Gasteiger partial charge in [-0.05, 0) is 67.4 Å². The fourth-order valence-corrected chi connectivity index (χ4v) is 6.82. The molecule has 186 valence electrons. The lowest BCUT2D eigenvalue weighted by atomic mass is 10.2. The third kappa shape index (κ3) is 5.04. The Labute approximate surface area is 222 Å². The molecule has 1 aromatic heterocycles. The predicted octanol–water partition coefficient (Wildman–Crippen LogP) is 5.71. The van der Waals surface area contributed by atoms with Crippen LogP contribution in [0.4, 0.5) is 10.8 Å². The van der Waals surface area contributed by atoms with Gasteiger partial charge in [0.25, 0.3) is 15.9 Å². The maximum Gasteiger partial charge on any atom is 0.264 e. The van der Waals surface area contributed by atoms with E-state index in [1.165, 1.54) is 34.8 Å². The molecule has 1 aliphatic heterocycles. The number of rotatable bonds is 7. The van der Waals surface area contributed by atoms with Crippen molar-refractivity contribution < 1.29 is 17.9 Å². The molecule has 4 aromatic rings. The molecule has 1 unspecified atom stereocenters. The van der Waals surface area contributed by atoms with Crippen LogP contribution in [-0.4, -0.2) is 45.6 Å². The highest BCUT2D eigenvalue weighted by molar-refractivity contribution is 9.10. The molecule has 0 spiro atoms. The quantitative estimate of drug-likeness (QED) is 0.277. The molecule has 1 atom stereocenters. The van der Waals surface area contributed by atoms with Gasteiger partial charge in [0, 0.05) is 23.7 Å². The normalized spacial score (nSPS) is 15.8. The summed E-state index contributed by atoms with van der Waals surface area (Å²) in [6, 6.07) is 20.7. The van der Waals surface area contributed by atoms with Crippen LogP contribution in [0, 0.1) is 0 Å². The number of amides is 1. The fourth-order valence-electron chi connectivity index (χ4n) is 4.10. The number of carbonyl (C=O) groups is 1. The first-order valence-electron chi connectivity index (χ1n) is 11.5. The van der Waals surface area contributed by atoms with Crippen LogP contribution in [-0.2, 0) is 14.8 Å². The Morgan fingerprint density at radius 2 is 1.86 bits per heavy atom. The zero-order valence-electron chi connectivity index (χ0n) is 19.5. The number of hydrogen-bond donors (Lipinski definition) is 0. The van der Waals surface area contributed by atoms with Gasteiger partial charge in [-0.2, -0.15) is 0 Å². The smallest absolute Gasteiger partial charge is 0.264 e. The molecule has 3 aromatic carbocycles. The highest BCUT2D eigenvalue weighted by Crippen LogP contribution is 2.33. The van der Waals surface area contributed by atoms with E-state index in [4.69, 9.17) is 9.72 Å². The van der Waals surface area contributed by atoms with Gasteiger partial charge in [0.05, 0.1) is 33.4 Å². The van der Waals surface area contributed by atoms with Crippen LogP contribution < -0.4 is 9.21 Å². The van der Waals surface area contributed by atoms with Crippen LogP contribution in [0.15, 0.2) is 82.2 Å².